The zero-order valence-corrected chi connectivity index (χ0v) is 15.6. The quantitative estimate of drug-likeness (QED) is 0.874. The molecule has 6 nitrogen and oxygen atoms in total. The van der Waals surface area contributed by atoms with Gasteiger partial charge in [0.05, 0.1) is 0 Å². The normalized spacial score (nSPS) is 15.6. The Bertz CT molecular complexity index is 602. The molecule has 1 fully saturated rings. The van der Waals surface area contributed by atoms with E-state index in [0.29, 0.717) is 13.1 Å². The first-order chi connectivity index (χ1) is 11.8. The molecule has 138 valence electrons. The van der Waals surface area contributed by atoms with E-state index in [0.717, 1.165) is 30.5 Å². The van der Waals surface area contributed by atoms with E-state index in [-0.39, 0.29) is 12.1 Å². The second kappa shape index (κ2) is 8.23. The summed E-state index contributed by atoms with van der Waals surface area (Å²) in [5, 5.41) is 5.88. The van der Waals surface area contributed by atoms with Crippen LogP contribution >= 0.6 is 0 Å². The summed E-state index contributed by atoms with van der Waals surface area (Å²) in [5.74, 6) is 0. The summed E-state index contributed by atoms with van der Waals surface area (Å²) >= 11 is 0. The molecule has 25 heavy (non-hydrogen) atoms. The fourth-order valence-electron chi connectivity index (χ4n) is 2.85. The number of rotatable bonds is 3. The van der Waals surface area contributed by atoms with E-state index >= 15 is 0 Å². The third-order valence-electron chi connectivity index (χ3n) is 4.14. The van der Waals surface area contributed by atoms with Gasteiger partial charge in [-0.1, -0.05) is 25.1 Å². The molecule has 1 aromatic rings. The zero-order valence-electron chi connectivity index (χ0n) is 15.6. The van der Waals surface area contributed by atoms with E-state index < -0.39 is 11.7 Å². The number of hydrogen-bond acceptors (Lipinski definition) is 3. The lowest BCUT2D eigenvalue weighted by molar-refractivity contribution is 0.0486. The predicted molar refractivity (Wildman–Crippen MR) is 98.8 cm³/mol. The molecule has 0 unspecified atom stereocenters. The van der Waals surface area contributed by atoms with Crippen LogP contribution in [-0.2, 0) is 11.2 Å². The van der Waals surface area contributed by atoms with Crippen LogP contribution in [0.25, 0.3) is 0 Å². The molecule has 1 aliphatic heterocycles. The van der Waals surface area contributed by atoms with E-state index in [4.69, 9.17) is 4.74 Å². The van der Waals surface area contributed by atoms with Crippen LogP contribution in [0.5, 0.6) is 0 Å². The van der Waals surface area contributed by atoms with Gasteiger partial charge in [0.2, 0.25) is 0 Å². The van der Waals surface area contributed by atoms with Crippen molar-refractivity contribution in [1.82, 2.24) is 10.2 Å². The summed E-state index contributed by atoms with van der Waals surface area (Å²) < 4.78 is 5.28. The first-order valence-corrected chi connectivity index (χ1v) is 8.92. The number of anilines is 1. The lowest BCUT2D eigenvalue weighted by Crippen LogP contribution is -2.48. The maximum absolute atomic E-state index is 12.5. The minimum atomic E-state index is -0.503. The number of carbonyl (C=O) groups excluding carboxylic acids is 2. The Morgan fingerprint density at radius 3 is 2.44 bits per heavy atom. The maximum Gasteiger partial charge on any atom is 0.407 e. The summed E-state index contributed by atoms with van der Waals surface area (Å²) in [4.78, 5) is 26.1. The van der Waals surface area contributed by atoms with Crippen LogP contribution in [0.2, 0.25) is 0 Å². The Labute approximate surface area is 149 Å². The SMILES string of the molecule is CCc1ccccc1NC(=O)N1CCC(NC(=O)OC(C)(C)C)CC1. The molecular formula is C19H29N3O3. The molecule has 1 saturated heterocycles. The molecule has 0 atom stereocenters. The van der Waals surface area contributed by atoms with E-state index in [9.17, 15) is 9.59 Å². The summed E-state index contributed by atoms with van der Waals surface area (Å²) in [7, 11) is 0. The number of amides is 3. The molecule has 6 heteroatoms. The second-order valence-electron chi connectivity index (χ2n) is 7.35. The average Bonchev–Trinajstić information content (AvgIpc) is 2.54. The van der Waals surface area contributed by atoms with Crippen molar-refractivity contribution >= 4 is 17.8 Å². The van der Waals surface area contributed by atoms with Gasteiger partial charge in [0.1, 0.15) is 5.60 Å². The topological polar surface area (TPSA) is 70.7 Å². The third-order valence-corrected chi connectivity index (χ3v) is 4.14. The van der Waals surface area contributed by atoms with Gasteiger partial charge in [-0.2, -0.15) is 0 Å². The standard InChI is InChI=1S/C19H29N3O3/c1-5-14-8-6-7-9-16(14)21-17(23)22-12-10-15(11-13-22)20-18(24)25-19(2,3)4/h6-9,15H,5,10-13H2,1-4H3,(H,20,24)(H,21,23). The van der Waals surface area contributed by atoms with Crippen LogP contribution in [0.3, 0.4) is 0 Å². The summed E-state index contributed by atoms with van der Waals surface area (Å²) in [6.07, 6.45) is 1.93. The van der Waals surface area contributed by atoms with Gasteiger partial charge in [-0.05, 0) is 51.7 Å². The Morgan fingerprint density at radius 1 is 1.20 bits per heavy atom. The highest BCUT2D eigenvalue weighted by Gasteiger charge is 2.26. The Kier molecular flexibility index (Phi) is 6.28. The molecule has 0 aromatic heterocycles. The predicted octanol–water partition coefficient (Wildman–Crippen LogP) is 3.77. The zero-order chi connectivity index (χ0) is 18.4. The van der Waals surface area contributed by atoms with Crippen molar-refractivity contribution in [3.8, 4) is 0 Å². The fourth-order valence-corrected chi connectivity index (χ4v) is 2.85. The number of piperidine rings is 1. The van der Waals surface area contributed by atoms with E-state index in [1.807, 2.05) is 45.0 Å². The number of nitrogens with one attached hydrogen (secondary N) is 2. The van der Waals surface area contributed by atoms with Gasteiger partial charge >= 0.3 is 12.1 Å². The minimum absolute atomic E-state index is 0.0434. The van der Waals surface area contributed by atoms with Crippen LogP contribution in [0.4, 0.5) is 15.3 Å². The highest BCUT2D eigenvalue weighted by Crippen LogP contribution is 2.18. The second-order valence-corrected chi connectivity index (χ2v) is 7.35. The molecule has 0 aliphatic carbocycles. The molecule has 1 heterocycles. The van der Waals surface area contributed by atoms with Crippen molar-refractivity contribution in [2.24, 2.45) is 0 Å². The van der Waals surface area contributed by atoms with Crippen molar-refractivity contribution in [2.45, 2.75) is 58.6 Å². The van der Waals surface area contributed by atoms with Gasteiger partial charge in [-0.25, -0.2) is 9.59 Å². The first kappa shape index (κ1) is 19.1. The number of benzene rings is 1. The first-order valence-electron chi connectivity index (χ1n) is 8.92. The number of para-hydroxylation sites is 1. The van der Waals surface area contributed by atoms with Crippen LogP contribution < -0.4 is 10.6 Å². The molecule has 1 aromatic carbocycles. The number of likely N-dealkylation sites (tertiary alicyclic amines) is 1. The van der Waals surface area contributed by atoms with Gasteiger partial charge in [0.25, 0.3) is 0 Å². The summed E-state index contributed by atoms with van der Waals surface area (Å²) in [6, 6.07) is 7.80. The van der Waals surface area contributed by atoms with Crippen molar-refractivity contribution < 1.29 is 14.3 Å². The lowest BCUT2D eigenvalue weighted by atomic mass is 10.1. The monoisotopic (exact) mass is 347 g/mol. The van der Waals surface area contributed by atoms with Gasteiger partial charge < -0.3 is 20.3 Å². The molecule has 3 amide bonds. The molecule has 0 bridgehead atoms. The van der Waals surface area contributed by atoms with E-state index in [1.165, 1.54) is 0 Å². The number of aryl methyl sites for hydroxylation is 1. The van der Waals surface area contributed by atoms with Crippen molar-refractivity contribution in [3.63, 3.8) is 0 Å². The smallest absolute Gasteiger partial charge is 0.407 e. The largest absolute Gasteiger partial charge is 0.444 e. The highest BCUT2D eigenvalue weighted by molar-refractivity contribution is 5.90. The number of ether oxygens (including phenoxy) is 1. The highest BCUT2D eigenvalue weighted by atomic mass is 16.6. The Hall–Kier alpha value is -2.24. The van der Waals surface area contributed by atoms with Gasteiger partial charge in [-0.3, -0.25) is 0 Å². The van der Waals surface area contributed by atoms with Crippen molar-refractivity contribution in [2.75, 3.05) is 18.4 Å². The molecule has 1 aliphatic rings. The van der Waals surface area contributed by atoms with Crippen molar-refractivity contribution in [1.29, 1.82) is 0 Å². The molecule has 0 radical (unpaired) electrons. The average molecular weight is 347 g/mol. The van der Waals surface area contributed by atoms with Gasteiger partial charge in [-0.15, -0.1) is 0 Å². The lowest BCUT2D eigenvalue weighted by Gasteiger charge is -2.33. The van der Waals surface area contributed by atoms with Crippen LogP contribution in [0.15, 0.2) is 24.3 Å². The number of alkyl carbamates (subject to hydrolysis) is 1. The van der Waals surface area contributed by atoms with E-state index in [2.05, 4.69) is 17.6 Å². The number of hydrogen-bond donors (Lipinski definition) is 2. The molecular weight excluding hydrogens is 318 g/mol. The molecule has 2 rings (SSSR count). The molecule has 2 N–H and O–H groups in total. The Morgan fingerprint density at radius 2 is 1.84 bits per heavy atom. The van der Waals surface area contributed by atoms with Gasteiger partial charge in [0, 0.05) is 24.8 Å². The van der Waals surface area contributed by atoms with Crippen LogP contribution in [0.1, 0.15) is 46.1 Å². The Balaban J connectivity index is 1.81. The summed E-state index contributed by atoms with van der Waals surface area (Å²) in [5.41, 5.74) is 1.48. The number of carbonyl (C=O) groups is 2. The third kappa shape index (κ3) is 5.96. The van der Waals surface area contributed by atoms with Crippen LogP contribution in [-0.4, -0.2) is 41.8 Å². The minimum Gasteiger partial charge on any atom is -0.444 e. The number of urea groups is 1. The van der Waals surface area contributed by atoms with Gasteiger partial charge in [0.15, 0.2) is 0 Å². The fraction of sp³-hybridized carbons (Fsp3) is 0.579. The molecule has 0 saturated carbocycles. The van der Waals surface area contributed by atoms with Crippen molar-refractivity contribution in [3.05, 3.63) is 29.8 Å². The number of nitrogens with zero attached hydrogens (tertiary/aromatic N) is 1. The van der Waals surface area contributed by atoms with Crippen LogP contribution in [0, 0.1) is 0 Å². The summed E-state index contributed by atoms with van der Waals surface area (Å²) in [6.45, 7) is 8.81. The maximum atomic E-state index is 12.5. The van der Waals surface area contributed by atoms with E-state index in [1.54, 1.807) is 4.90 Å². The molecule has 0 spiro atoms.